The Bertz CT molecular complexity index is 607. The van der Waals surface area contributed by atoms with Crippen LogP contribution in [-0.4, -0.2) is 15.0 Å². The number of nitrogens with one attached hydrogen (secondary N) is 1. The van der Waals surface area contributed by atoms with E-state index in [2.05, 4.69) is 32.4 Å². The molecule has 0 spiro atoms. The molecule has 1 saturated carbocycles. The van der Waals surface area contributed by atoms with Crippen LogP contribution in [0.15, 0.2) is 24.3 Å². The van der Waals surface area contributed by atoms with Crippen molar-refractivity contribution in [3.8, 4) is 0 Å². The van der Waals surface area contributed by atoms with Gasteiger partial charge in [-0.1, -0.05) is 52.0 Å². The number of hydrogen-bond acceptors (Lipinski definition) is 3. The average molecular weight is 310 g/mol. The van der Waals surface area contributed by atoms with Crippen LogP contribution in [-0.2, 0) is 22.3 Å². The predicted molar refractivity (Wildman–Crippen MR) is 86.0 cm³/mol. The number of sulfonamides is 1. The van der Waals surface area contributed by atoms with Gasteiger partial charge in [0.15, 0.2) is 0 Å². The highest BCUT2D eigenvalue weighted by atomic mass is 32.2. The summed E-state index contributed by atoms with van der Waals surface area (Å²) in [6.07, 6.45) is 0. The highest BCUT2D eigenvalue weighted by Gasteiger charge is 2.64. The molecule has 1 fully saturated rings. The van der Waals surface area contributed by atoms with Crippen LogP contribution < -0.4 is 10.5 Å². The van der Waals surface area contributed by atoms with Crippen molar-refractivity contribution in [2.24, 2.45) is 22.5 Å². The summed E-state index contributed by atoms with van der Waals surface area (Å²) in [4.78, 5) is 0. The van der Waals surface area contributed by atoms with E-state index < -0.39 is 10.0 Å². The van der Waals surface area contributed by atoms with E-state index >= 15 is 0 Å². The van der Waals surface area contributed by atoms with Crippen LogP contribution in [0.3, 0.4) is 0 Å². The van der Waals surface area contributed by atoms with Crippen molar-refractivity contribution < 1.29 is 8.42 Å². The summed E-state index contributed by atoms with van der Waals surface area (Å²) in [5.74, 6) is 0.393. The van der Waals surface area contributed by atoms with Crippen molar-refractivity contribution in [1.29, 1.82) is 0 Å². The third kappa shape index (κ3) is 3.30. The first-order chi connectivity index (χ1) is 9.60. The van der Waals surface area contributed by atoms with Crippen LogP contribution in [0.4, 0.5) is 0 Å². The van der Waals surface area contributed by atoms with Gasteiger partial charge < -0.3 is 5.73 Å². The van der Waals surface area contributed by atoms with Gasteiger partial charge in [-0.2, -0.15) is 0 Å². The van der Waals surface area contributed by atoms with Gasteiger partial charge in [-0.05, 0) is 27.9 Å². The van der Waals surface area contributed by atoms with Gasteiger partial charge in [0.05, 0.1) is 5.75 Å². The maximum absolute atomic E-state index is 12.2. The Hall–Kier alpha value is -0.910. The van der Waals surface area contributed by atoms with Crippen LogP contribution in [0, 0.1) is 16.7 Å². The quantitative estimate of drug-likeness (QED) is 0.846. The Morgan fingerprint density at radius 2 is 1.71 bits per heavy atom. The van der Waals surface area contributed by atoms with Crippen molar-refractivity contribution in [3.05, 3.63) is 35.4 Å². The molecule has 0 saturated heterocycles. The number of nitrogens with two attached hydrogens (primary N) is 1. The summed E-state index contributed by atoms with van der Waals surface area (Å²) in [5.41, 5.74) is 7.69. The topological polar surface area (TPSA) is 72.2 Å². The molecule has 5 heteroatoms. The van der Waals surface area contributed by atoms with Crippen molar-refractivity contribution >= 4 is 10.0 Å². The number of rotatable bonds is 6. The van der Waals surface area contributed by atoms with Crippen molar-refractivity contribution in [3.63, 3.8) is 0 Å². The molecule has 0 heterocycles. The minimum absolute atomic E-state index is 0.00835. The highest BCUT2D eigenvalue weighted by molar-refractivity contribution is 7.88. The molecule has 1 aromatic rings. The average Bonchev–Trinajstić information content (AvgIpc) is 2.77. The lowest BCUT2D eigenvalue weighted by Gasteiger charge is -2.09. The van der Waals surface area contributed by atoms with Crippen LogP contribution in [0.5, 0.6) is 0 Å². The number of hydrogen-bond donors (Lipinski definition) is 2. The summed E-state index contributed by atoms with van der Waals surface area (Å²) in [6, 6.07) is 7.42. The zero-order chi connectivity index (χ0) is 15.9. The molecular formula is C16H26N2O2S. The smallest absolute Gasteiger partial charge is 0.215 e. The summed E-state index contributed by atoms with van der Waals surface area (Å²) in [6.45, 7) is 9.70. The molecule has 1 aliphatic rings. The fourth-order valence-electron chi connectivity index (χ4n) is 3.17. The van der Waals surface area contributed by atoms with E-state index in [0.29, 0.717) is 19.0 Å². The molecule has 0 radical (unpaired) electrons. The van der Waals surface area contributed by atoms with Crippen LogP contribution >= 0.6 is 0 Å². The Morgan fingerprint density at radius 3 is 2.24 bits per heavy atom. The molecule has 0 amide bonds. The van der Waals surface area contributed by atoms with Gasteiger partial charge in [0.1, 0.15) is 0 Å². The molecule has 0 aromatic heterocycles. The third-order valence-corrected chi connectivity index (χ3v) is 6.73. The second kappa shape index (κ2) is 5.38. The van der Waals surface area contributed by atoms with Gasteiger partial charge in [-0.25, -0.2) is 13.1 Å². The molecule has 1 aromatic carbocycles. The minimum Gasteiger partial charge on any atom is -0.326 e. The van der Waals surface area contributed by atoms with Gasteiger partial charge in [0, 0.05) is 13.1 Å². The van der Waals surface area contributed by atoms with Crippen LogP contribution in [0.2, 0.25) is 0 Å². The van der Waals surface area contributed by atoms with Crippen LogP contribution in [0.1, 0.15) is 38.8 Å². The molecule has 118 valence electrons. The molecule has 1 aliphatic carbocycles. The lowest BCUT2D eigenvalue weighted by Crippen LogP contribution is -2.28. The van der Waals surface area contributed by atoms with Crippen molar-refractivity contribution in [2.75, 3.05) is 6.54 Å². The summed E-state index contributed by atoms with van der Waals surface area (Å²) >= 11 is 0. The normalized spacial score (nSPS) is 20.4. The standard InChI is InChI=1S/C16H26N2O2S/c1-15(2)14(16(15,3)4)10-18-21(19,20)11-13-7-5-6-12(8-13)9-17/h5-8,14,18H,9-11,17H2,1-4H3. The van der Waals surface area contributed by atoms with E-state index in [-0.39, 0.29) is 16.6 Å². The fourth-order valence-corrected chi connectivity index (χ4v) is 4.31. The third-order valence-electron chi connectivity index (χ3n) is 5.41. The Balaban J connectivity index is 1.97. The van der Waals surface area contributed by atoms with E-state index in [0.717, 1.165) is 11.1 Å². The summed E-state index contributed by atoms with van der Waals surface area (Å²) in [5, 5.41) is 0. The largest absolute Gasteiger partial charge is 0.326 e. The second-order valence-electron chi connectivity index (χ2n) is 7.13. The molecule has 4 nitrogen and oxygen atoms in total. The first-order valence-electron chi connectivity index (χ1n) is 7.35. The highest BCUT2D eigenvalue weighted by Crippen LogP contribution is 2.67. The lowest BCUT2D eigenvalue weighted by molar-refractivity contribution is 0.457. The zero-order valence-electron chi connectivity index (χ0n) is 13.3. The summed E-state index contributed by atoms with van der Waals surface area (Å²) < 4.78 is 27.2. The van der Waals surface area contributed by atoms with Crippen LogP contribution in [0.25, 0.3) is 0 Å². The maximum atomic E-state index is 12.2. The predicted octanol–water partition coefficient (Wildman–Crippen LogP) is 2.25. The molecule has 0 aliphatic heterocycles. The first kappa shape index (κ1) is 16.5. The molecule has 0 atom stereocenters. The molecular weight excluding hydrogens is 284 g/mol. The SMILES string of the molecule is CC1(C)C(CNS(=O)(=O)Cc2cccc(CN)c2)C1(C)C. The van der Waals surface area contributed by atoms with Gasteiger partial charge in [-0.3, -0.25) is 0 Å². The van der Waals surface area contributed by atoms with Gasteiger partial charge in [0.2, 0.25) is 10.0 Å². The molecule has 0 unspecified atom stereocenters. The molecule has 2 rings (SSSR count). The van der Waals surface area contributed by atoms with Gasteiger partial charge in [-0.15, -0.1) is 0 Å². The maximum Gasteiger partial charge on any atom is 0.215 e. The number of benzene rings is 1. The second-order valence-corrected chi connectivity index (χ2v) is 8.93. The van der Waals surface area contributed by atoms with Gasteiger partial charge in [0.25, 0.3) is 0 Å². The Kier molecular flexibility index (Phi) is 4.21. The van der Waals surface area contributed by atoms with E-state index in [1.165, 1.54) is 0 Å². The minimum atomic E-state index is -3.31. The zero-order valence-corrected chi connectivity index (χ0v) is 14.1. The van der Waals surface area contributed by atoms with Crippen molar-refractivity contribution in [1.82, 2.24) is 4.72 Å². The summed E-state index contributed by atoms with van der Waals surface area (Å²) in [7, 11) is -3.31. The molecule has 0 bridgehead atoms. The lowest BCUT2D eigenvalue weighted by atomic mass is 10.0. The Labute approximate surface area is 128 Å². The van der Waals surface area contributed by atoms with E-state index in [1.54, 1.807) is 0 Å². The van der Waals surface area contributed by atoms with E-state index in [1.807, 2.05) is 24.3 Å². The molecule has 3 N–H and O–H groups in total. The first-order valence-corrected chi connectivity index (χ1v) is 9.00. The van der Waals surface area contributed by atoms with Crippen molar-refractivity contribution in [2.45, 2.75) is 40.0 Å². The van der Waals surface area contributed by atoms with Gasteiger partial charge >= 0.3 is 0 Å². The van der Waals surface area contributed by atoms with E-state index in [4.69, 9.17) is 5.73 Å². The Morgan fingerprint density at radius 1 is 1.14 bits per heavy atom. The monoisotopic (exact) mass is 310 g/mol. The molecule has 21 heavy (non-hydrogen) atoms. The fraction of sp³-hybridized carbons (Fsp3) is 0.625. The van der Waals surface area contributed by atoms with E-state index in [9.17, 15) is 8.42 Å².